The lowest BCUT2D eigenvalue weighted by Crippen LogP contribution is -2.30. The van der Waals surface area contributed by atoms with Crippen LogP contribution in [0, 0.1) is 0 Å². The average Bonchev–Trinajstić information content (AvgIpc) is 2.42. The molecule has 1 aromatic carbocycles. The molecule has 18 heavy (non-hydrogen) atoms. The highest BCUT2D eigenvalue weighted by Crippen LogP contribution is 2.12. The summed E-state index contributed by atoms with van der Waals surface area (Å²) in [7, 11) is 1.64. The number of hydrogen-bond acceptors (Lipinski definition) is 3. The summed E-state index contributed by atoms with van der Waals surface area (Å²) in [6.45, 7) is 3.42. The van der Waals surface area contributed by atoms with Gasteiger partial charge in [0.1, 0.15) is 5.75 Å². The minimum absolute atomic E-state index is 0.0540. The summed E-state index contributed by atoms with van der Waals surface area (Å²) in [5.74, 6) is 0.616. The fraction of sp³-hybridized carbons (Fsp3) is 0.500. The summed E-state index contributed by atoms with van der Waals surface area (Å²) in [6, 6.07) is 7.78. The van der Waals surface area contributed by atoms with Crippen LogP contribution in [0.5, 0.6) is 5.75 Å². The number of carbonyl (C=O) groups excluding carboxylic acids is 1. The van der Waals surface area contributed by atoms with Gasteiger partial charge in [0.15, 0.2) is 6.61 Å². The Morgan fingerprint density at radius 3 is 2.61 bits per heavy atom. The Morgan fingerprint density at radius 2 is 2.00 bits per heavy atom. The molecule has 0 radical (unpaired) electrons. The van der Waals surface area contributed by atoms with Gasteiger partial charge in [0, 0.05) is 20.3 Å². The number of hydrogen-bond donors (Lipinski definition) is 1. The fourth-order valence-corrected chi connectivity index (χ4v) is 1.47. The third kappa shape index (κ3) is 5.68. The maximum absolute atomic E-state index is 11.4. The van der Waals surface area contributed by atoms with Crippen molar-refractivity contribution >= 4 is 5.91 Å². The van der Waals surface area contributed by atoms with E-state index in [-0.39, 0.29) is 12.5 Å². The Kier molecular flexibility index (Phi) is 6.87. The van der Waals surface area contributed by atoms with E-state index in [1.807, 2.05) is 24.3 Å². The molecule has 4 heteroatoms. The Bertz CT molecular complexity index is 349. The van der Waals surface area contributed by atoms with Crippen molar-refractivity contribution in [2.75, 3.05) is 26.9 Å². The summed E-state index contributed by atoms with van der Waals surface area (Å²) in [6.07, 6.45) is 1.81. The molecule has 0 aromatic heterocycles. The second-order valence-electron chi connectivity index (χ2n) is 3.98. The van der Waals surface area contributed by atoms with Gasteiger partial charge in [-0.05, 0) is 30.5 Å². The van der Waals surface area contributed by atoms with Crippen LogP contribution in [0.1, 0.15) is 18.9 Å². The largest absolute Gasteiger partial charge is 0.484 e. The number of ether oxygens (including phenoxy) is 2. The summed E-state index contributed by atoms with van der Waals surface area (Å²) >= 11 is 0. The minimum Gasteiger partial charge on any atom is -0.484 e. The molecule has 100 valence electrons. The predicted octanol–water partition coefficient (Wildman–Crippen LogP) is 1.78. The maximum atomic E-state index is 11.4. The van der Waals surface area contributed by atoms with Crippen molar-refractivity contribution in [3.8, 4) is 5.75 Å². The van der Waals surface area contributed by atoms with Gasteiger partial charge in [-0.15, -0.1) is 0 Å². The molecule has 0 atom stereocenters. The normalized spacial score (nSPS) is 10.1. The zero-order valence-electron chi connectivity index (χ0n) is 11.1. The summed E-state index contributed by atoms with van der Waals surface area (Å²) in [4.78, 5) is 11.4. The molecule has 0 saturated carbocycles. The number of carbonyl (C=O) groups is 1. The molecule has 1 aromatic rings. The SMILES string of the molecule is CCc1ccc(OCC(=O)NCCCOC)cc1. The van der Waals surface area contributed by atoms with E-state index in [1.54, 1.807) is 7.11 Å². The molecule has 0 aliphatic heterocycles. The van der Waals surface area contributed by atoms with Crippen molar-refractivity contribution in [3.63, 3.8) is 0 Å². The number of rotatable bonds is 8. The monoisotopic (exact) mass is 251 g/mol. The third-order valence-corrected chi connectivity index (χ3v) is 2.55. The number of aryl methyl sites for hydroxylation is 1. The van der Waals surface area contributed by atoms with E-state index >= 15 is 0 Å². The van der Waals surface area contributed by atoms with E-state index < -0.39 is 0 Å². The van der Waals surface area contributed by atoms with Gasteiger partial charge in [0.05, 0.1) is 0 Å². The van der Waals surface area contributed by atoms with Gasteiger partial charge in [-0.25, -0.2) is 0 Å². The summed E-state index contributed by atoms with van der Waals surface area (Å²) < 4.78 is 10.3. The van der Waals surface area contributed by atoms with Crippen molar-refractivity contribution in [1.29, 1.82) is 0 Å². The minimum atomic E-state index is -0.106. The number of methoxy groups -OCH3 is 1. The van der Waals surface area contributed by atoms with Crippen LogP contribution in [-0.2, 0) is 16.0 Å². The molecule has 0 fully saturated rings. The molecule has 0 bridgehead atoms. The van der Waals surface area contributed by atoms with Crippen LogP contribution in [0.15, 0.2) is 24.3 Å². The topological polar surface area (TPSA) is 47.6 Å². The second kappa shape index (κ2) is 8.53. The van der Waals surface area contributed by atoms with Crippen LogP contribution in [0.4, 0.5) is 0 Å². The quantitative estimate of drug-likeness (QED) is 0.716. The molecule has 1 N–H and O–H groups in total. The predicted molar refractivity (Wildman–Crippen MR) is 70.8 cm³/mol. The van der Waals surface area contributed by atoms with Crippen LogP contribution >= 0.6 is 0 Å². The molecule has 0 aliphatic carbocycles. The average molecular weight is 251 g/mol. The van der Waals surface area contributed by atoms with Gasteiger partial charge >= 0.3 is 0 Å². The lowest BCUT2D eigenvalue weighted by Gasteiger charge is -2.07. The highest BCUT2D eigenvalue weighted by Gasteiger charge is 2.01. The number of amides is 1. The lowest BCUT2D eigenvalue weighted by molar-refractivity contribution is -0.123. The zero-order chi connectivity index (χ0) is 13.2. The lowest BCUT2D eigenvalue weighted by atomic mass is 10.2. The molecular weight excluding hydrogens is 230 g/mol. The summed E-state index contributed by atoms with van der Waals surface area (Å²) in [5, 5.41) is 2.77. The van der Waals surface area contributed by atoms with E-state index in [0.29, 0.717) is 13.2 Å². The van der Waals surface area contributed by atoms with Gasteiger partial charge < -0.3 is 14.8 Å². The van der Waals surface area contributed by atoms with Gasteiger partial charge in [0.25, 0.3) is 5.91 Å². The van der Waals surface area contributed by atoms with Gasteiger partial charge in [-0.3, -0.25) is 4.79 Å². The van der Waals surface area contributed by atoms with E-state index in [9.17, 15) is 4.79 Å². The number of nitrogens with one attached hydrogen (secondary N) is 1. The fourth-order valence-electron chi connectivity index (χ4n) is 1.47. The van der Waals surface area contributed by atoms with E-state index in [1.165, 1.54) is 5.56 Å². The molecule has 4 nitrogen and oxygen atoms in total. The molecule has 1 rings (SSSR count). The molecular formula is C14H21NO3. The van der Waals surface area contributed by atoms with E-state index in [0.717, 1.165) is 18.6 Å². The molecule has 0 heterocycles. The van der Waals surface area contributed by atoms with Crippen molar-refractivity contribution in [3.05, 3.63) is 29.8 Å². The van der Waals surface area contributed by atoms with Gasteiger partial charge in [-0.2, -0.15) is 0 Å². The first kappa shape index (κ1) is 14.5. The van der Waals surface area contributed by atoms with E-state index in [2.05, 4.69) is 12.2 Å². The first-order valence-corrected chi connectivity index (χ1v) is 6.23. The molecule has 0 spiro atoms. The van der Waals surface area contributed by atoms with Crippen molar-refractivity contribution < 1.29 is 14.3 Å². The smallest absolute Gasteiger partial charge is 0.257 e. The highest BCUT2D eigenvalue weighted by molar-refractivity contribution is 5.77. The Morgan fingerprint density at radius 1 is 1.28 bits per heavy atom. The van der Waals surface area contributed by atoms with Crippen molar-refractivity contribution in [1.82, 2.24) is 5.32 Å². The summed E-state index contributed by atoms with van der Waals surface area (Å²) in [5.41, 5.74) is 1.26. The van der Waals surface area contributed by atoms with Crippen LogP contribution < -0.4 is 10.1 Å². The first-order chi connectivity index (χ1) is 8.76. The standard InChI is InChI=1S/C14H21NO3/c1-3-12-5-7-13(8-6-12)18-11-14(16)15-9-4-10-17-2/h5-8H,3-4,9-11H2,1-2H3,(H,15,16). The number of benzene rings is 1. The second-order valence-corrected chi connectivity index (χ2v) is 3.98. The molecule has 1 amide bonds. The van der Waals surface area contributed by atoms with Crippen molar-refractivity contribution in [2.45, 2.75) is 19.8 Å². The highest BCUT2D eigenvalue weighted by atomic mass is 16.5. The maximum Gasteiger partial charge on any atom is 0.257 e. The Labute approximate surface area is 108 Å². The third-order valence-electron chi connectivity index (χ3n) is 2.55. The zero-order valence-corrected chi connectivity index (χ0v) is 11.1. The van der Waals surface area contributed by atoms with E-state index in [4.69, 9.17) is 9.47 Å². The van der Waals surface area contributed by atoms with Gasteiger partial charge in [-0.1, -0.05) is 19.1 Å². The first-order valence-electron chi connectivity index (χ1n) is 6.23. The Balaban J connectivity index is 2.20. The van der Waals surface area contributed by atoms with Gasteiger partial charge in [0.2, 0.25) is 0 Å². The van der Waals surface area contributed by atoms with Crippen LogP contribution in [0.3, 0.4) is 0 Å². The van der Waals surface area contributed by atoms with Crippen molar-refractivity contribution in [2.24, 2.45) is 0 Å². The van der Waals surface area contributed by atoms with Crippen LogP contribution in [0.25, 0.3) is 0 Å². The Hall–Kier alpha value is -1.55. The molecule has 0 saturated heterocycles. The molecule has 0 aliphatic rings. The molecule has 0 unspecified atom stereocenters. The van der Waals surface area contributed by atoms with Crippen LogP contribution in [-0.4, -0.2) is 32.8 Å². The van der Waals surface area contributed by atoms with Crippen LogP contribution in [0.2, 0.25) is 0 Å².